The zero-order valence-electron chi connectivity index (χ0n) is 14.4. The second-order valence-electron chi connectivity index (χ2n) is 5.64. The summed E-state index contributed by atoms with van der Waals surface area (Å²) in [6.07, 6.45) is 0.201. The average Bonchev–Trinajstić information content (AvgIpc) is 3.08. The Bertz CT molecular complexity index is 747. The third kappa shape index (κ3) is 4.79. The Kier molecular flexibility index (Phi) is 6.10. The van der Waals surface area contributed by atoms with Gasteiger partial charge in [0.15, 0.2) is 17.3 Å². The Morgan fingerprint density at radius 2 is 2.12 bits per heavy atom. The van der Waals surface area contributed by atoms with E-state index < -0.39 is 5.82 Å². The first-order chi connectivity index (χ1) is 11.9. The predicted octanol–water partition coefficient (Wildman–Crippen LogP) is 1.72. The summed E-state index contributed by atoms with van der Waals surface area (Å²) in [5.41, 5.74) is 0.748. The molecule has 1 aromatic heterocycles. The molecule has 2 aromatic rings. The van der Waals surface area contributed by atoms with E-state index in [1.807, 2.05) is 0 Å². The van der Waals surface area contributed by atoms with E-state index in [0.717, 1.165) is 0 Å². The van der Waals surface area contributed by atoms with Crippen LogP contribution in [0.5, 0.6) is 5.75 Å². The van der Waals surface area contributed by atoms with Gasteiger partial charge in [-0.2, -0.15) is 5.10 Å². The van der Waals surface area contributed by atoms with Crippen molar-refractivity contribution in [2.75, 3.05) is 14.1 Å². The highest BCUT2D eigenvalue weighted by Gasteiger charge is 2.21. The fraction of sp³-hybridized carbons (Fsp3) is 0.353. The zero-order valence-corrected chi connectivity index (χ0v) is 14.4. The number of para-hydroxylation sites is 1. The Morgan fingerprint density at radius 1 is 1.40 bits per heavy atom. The first kappa shape index (κ1) is 18.4. The molecule has 0 bridgehead atoms. The lowest BCUT2D eigenvalue weighted by Crippen LogP contribution is -2.38. The van der Waals surface area contributed by atoms with Gasteiger partial charge in [0.25, 0.3) is 5.91 Å². The molecule has 2 rings (SSSR count). The quantitative estimate of drug-likeness (QED) is 0.798. The molecule has 8 heteroatoms. The van der Waals surface area contributed by atoms with Gasteiger partial charge in [-0.1, -0.05) is 12.1 Å². The molecule has 0 unspecified atom stereocenters. The summed E-state index contributed by atoms with van der Waals surface area (Å²) in [4.78, 5) is 25.3. The second kappa shape index (κ2) is 8.27. The number of nitrogens with zero attached hydrogens (tertiary/aromatic N) is 2. The van der Waals surface area contributed by atoms with E-state index in [0.29, 0.717) is 5.69 Å². The summed E-state index contributed by atoms with van der Waals surface area (Å²) in [6.45, 7) is 1.83. The molecular formula is C17H21FN4O3. The Hall–Kier alpha value is -2.90. The Morgan fingerprint density at radius 3 is 2.80 bits per heavy atom. The van der Waals surface area contributed by atoms with Crippen molar-refractivity contribution in [3.8, 4) is 5.75 Å². The van der Waals surface area contributed by atoms with Gasteiger partial charge in [-0.3, -0.25) is 14.7 Å². The second-order valence-corrected chi connectivity index (χ2v) is 5.64. The maximum atomic E-state index is 13.5. The molecule has 1 aromatic carbocycles. The van der Waals surface area contributed by atoms with E-state index in [-0.39, 0.29) is 42.3 Å². The molecule has 0 saturated heterocycles. The molecule has 1 atom stereocenters. The van der Waals surface area contributed by atoms with Gasteiger partial charge < -0.3 is 15.0 Å². The van der Waals surface area contributed by atoms with Crippen LogP contribution in [0.2, 0.25) is 0 Å². The fourth-order valence-corrected chi connectivity index (χ4v) is 2.15. The number of benzene rings is 1. The minimum Gasteiger partial charge on any atom is -0.484 e. The van der Waals surface area contributed by atoms with Crippen LogP contribution >= 0.6 is 0 Å². The third-order valence-corrected chi connectivity index (χ3v) is 3.81. The van der Waals surface area contributed by atoms with E-state index in [1.165, 1.54) is 17.0 Å². The number of amides is 2. The Balaban J connectivity index is 1.96. The first-order valence-corrected chi connectivity index (χ1v) is 7.81. The molecule has 0 spiro atoms. The largest absolute Gasteiger partial charge is 0.484 e. The van der Waals surface area contributed by atoms with Crippen LogP contribution in [0.25, 0.3) is 0 Å². The van der Waals surface area contributed by atoms with Gasteiger partial charge in [0.1, 0.15) is 6.61 Å². The highest BCUT2D eigenvalue weighted by Crippen LogP contribution is 2.17. The predicted molar refractivity (Wildman–Crippen MR) is 89.6 cm³/mol. The highest BCUT2D eigenvalue weighted by atomic mass is 19.1. The van der Waals surface area contributed by atoms with Crippen molar-refractivity contribution < 1.29 is 18.7 Å². The first-order valence-electron chi connectivity index (χ1n) is 7.81. The van der Waals surface area contributed by atoms with Crippen LogP contribution in [0.1, 0.15) is 29.5 Å². The normalized spacial score (nSPS) is 11.7. The number of hydrogen-bond donors (Lipinski definition) is 2. The van der Waals surface area contributed by atoms with Gasteiger partial charge in [-0.15, -0.1) is 0 Å². The van der Waals surface area contributed by atoms with Crippen molar-refractivity contribution in [2.45, 2.75) is 26.0 Å². The van der Waals surface area contributed by atoms with Crippen molar-refractivity contribution in [3.63, 3.8) is 0 Å². The number of rotatable bonds is 7. The lowest BCUT2D eigenvalue weighted by Gasteiger charge is -2.23. The number of nitrogens with one attached hydrogen (secondary N) is 2. The number of carbonyl (C=O) groups is 2. The summed E-state index contributed by atoms with van der Waals surface area (Å²) < 4.78 is 18.9. The summed E-state index contributed by atoms with van der Waals surface area (Å²) in [6, 6.07) is 7.34. The topological polar surface area (TPSA) is 87.3 Å². The van der Waals surface area contributed by atoms with Gasteiger partial charge >= 0.3 is 0 Å². The van der Waals surface area contributed by atoms with Gasteiger partial charge in [-0.25, -0.2) is 4.39 Å². The smallest absolute Gasteiger partial charge is 0.274 e. The maximum absolute atomic E-state index is 13.5. The van der Waals surface area contributed by atoms with Crippen molar-refractivity contribution in [1.82, 2.24) is 20.4 Å². The molecule has 25 heavy (non-hydrogen) atoms. The average molecular weight is 348 g/mol. The molecule has 0 aliphatic heterocycles. The van der Waals surface area contributed by atoms with Crippen LogP contribution in [0, 0.1) is 5.82 Å². The van der Waals surface area contributed by atoms with Crippen LogP contribution in [0.3, 0.4) is 0 Å². The lowest BCUT2D eigenvalue weighted by molar-refractivity contribution is -0.121. The van der Waals surface area contributed by atoms with E-state index in [9.17, 15) is 14.0 Å². The number of halogens is 1. The number of H-pyrrole nitrogens is 1. The number of ether oxygens (including phenoxy) is 1. The van der Waals surface area contributed by atoms with Gasteiger partial charge in [-0.05, 0) is 25.1 Å². The van der Waals surface area contributed by atoms with Crippen molar-refractivity contribution >= 4 is 11.8 Å². The maximum Gasteiger partial charge on any atom is 0.274 e. The number of hydrogen-bond acceptors (Lipinski definition) is 4. The SMILES string of the molecule is CNC(=O)C[C@@H](C)N(C)C(=O)c1cc(COc2ccccc2F)[nH]n1. The molecule has 2 amide bonds. The van der Waals surface area contributed by atoms with E-state index in [2.05, 4.69) is 15.5 Å². The minimum atomic E-state index is -0.457. The fourth-order valence-electron chi connectivity index (χ4n) is 2.15. The van der Waals surface area contributed by atoms with E-state index in [1.54, 1.807) is 39.2 Å². The number of carbonyl (C=O) groups excluding carboxylic acids is 2. The molecule has 134 valence electrons. The summed E-state index contributed by atoms with van der Waals surface area (Å²) >= 11 is 0. The van der Waals surface area contributed by atoms with Crippen LogP contribution in [-0.2, 0) is 11.4 Å². The van der Waals surface area contributed by atoms with Gasteiger partial charge in [0.05, 0.1) is 5.69 Å². The standard InChI is InChI=1S/C17H21FN4O3/c1-11(8-16(23)19-2)22(3)17(24)14-9-12(20-21-14)10-25-15-7-5-4-6-13(15)18/h4-7,9,11H,8,10H2,1-3H3,(H,19,23)(H,20,21)/t11-/m1/s1. The number of aromatic amines is 1. The van der Waals surface area contributed by atoms with Crippen LogP contribution in [0.4, 0.5) is 4.39 Å². The van der Waals surface area contributed by atoms with Crippen LogP contribution < -0.4 is 10.1 Å². The molecule has 7 nitrogen and oxygen atoms in total. The van der Waals surface area contributed by atoms with Crippen molar-refractivity contribution in [1.29, 1.82) is 0 Å². The zero-order chi connectivity index (χ0) is 18.4. The molecule has 0 aliphatic carbocycles. The molecule has 2 N–H and O–H groups in total. The lowest BCUT2D eigenvalue weighted by atomic mass is 10.2. The van der Waals surface area contributed by atoms with Crippen LogP contribution in [-0.4, -0.2) is 47.0 Å². The molecule has 0 fully saturated rings. The Labute approximate surface area is 145 Å². The monoisotopic (exact) mass is 348 g/mol. The summed E-state index contributed by atoms with van der Waals surface area (Å²) in [5.74, 6) is -0.791. The molecule has 0 saturated carbocycles. The van der Waals surface area contributed by atoms with Crippen molar-refractivity contribution in [3.05, 3.63) is 47.5 Å². The molecular weight excluding hydrogens is 327 g/mol. The van der Waals surface area contributed by atoms with Gasteiger partial charge in [0.2, 0.25) is 5.91 Å². The van der Waals surface area contributed by atoms with Crippen molar-refractivity contribution in [2.24, 2.45) is 0 Å². The molecule has 0 radical (unpaired) electrons. The van der Waals surface area contributed by atoms with E-state index >= 15 is 0 Å². The minimum absolute atomic E-state index is 0.0543. The van der Waals surface area contributed by atoms with Gasteiger partial charge in [0, 0.05) is 26.6 Å². The molecule has 0 aliphatic rings. The van der Waals surface area contributed by atoms with Crippen LogP contribution in [0.15, 0.2) is 30.3 Å². The summed E-state index contributed by atoms with van der Waals surface area (Å²) in [7, 11) is 3.16. The number of aromatic nitrogens is 2. The third-order valence-electron chi connectivity index (χ3n) is 3.81. The van der Waals surface area contributed by atoms with E-state index in [4.69, 9.17) is 4.74 Å². The summed E-state index contributed by atoms with van der Waals surface area (Å²) in [5, 5.41) is 9.19. The highest BCUT2D eigenvalue weighted by molar-refractivity contribution is 5.92. The molecule has 1 heterocycles.